The zero-order chi connectivity index (χ0) is 12.7. The Labute approximate surface area is 104 Å². The van der Waals surface area contributed by atoms with Crippen LogP contribution in [-0.4, -0.2) is 19.2 Å². The van der Waals surface area contributed by atoms with Gasteiger partial charge in [-0.2, -0.15) is 0 Å². The first-order valence-electron chi connectivity index (χ1n) is 6.34. The Morgan fingerprint density at radius 3 is 2.76 bits per heavy atom. The standard InChI is InChI=1S/C14H24N2O/c1-4-11(3)6-7-14(13(15)5-2)17-12-8-9-16-10-12/h5-7,12,16H,4,8-10,15H2,1-3H3/b11-6+,13-5+,14-7+. The fraction of sp³-hybridized carbons (Fsp3) is 0.571. The number of rotatable bonds is 5. The third kappa shape index (κ3) is 4.65. The van der Waals surface area contributed by atoms with Crippen LogP contribution in [0.2, 0.25) is 0 Å². The van der Waals surface area contributed by atoms with Gasteiger partial charge in [0.05, 0.1) is 5.70 Å². The molecule has 0 aromatic carbocycles. The van der Waals surface area contributed by atoms with Crippen molar-refractivity contribution in [1.29, 1.82) is 0 Å². The van der Waals surface area contributed by atoms with Crippen LogP contribution in [0.3, 0.4) is 0 Å². The molecule has 0 bridgehead atoms. The molecule has 0 amide bonds. The highest BCUT2D eigenvalue weighted by Gasteiger charge is 2.17. The molecule has 1 heterocycles. The van der Waals surface area contributed by atoms with Crippen molar-refractivity contribution in [2.24, 2.45) is 5.73 Å². The van der Waals surface area contributed by atoms with Crippen LogP contribution in [0.25, 0.3) is 0 Å². The quantitative estimate of drug-likeness (QED) is 0.569. The van der Waals surface area contributed by atoms with Crippen molar-refractivity contribution in [2.45, 2.75) is 39.7 Å². The normalized spacial score (nSPS) is 23.0. The number of ether oxygens (including phenoxy) is 1. The van der Waals surface area contributed by atoms with Crippen molar-refractivity contribution < 1.29 is 4.74 Å². The number of nitrogens with two attached hydrogens (primary N) is 1. The molecule has 96 valence electrons. The highest BCUT2D eigenvalue weighted by molar-refractivity contribution is 5.27. The van der Waals surface area contributed by atoms with E-state index in [2.05, 4.69) is 25.2 Å². The maximum absolute atomic E-state index is 5.94. The molecule has 1 saturated heterocycles. The van der Waals surface area contributed by atoms with E-state index < -0.39 is 0 Å². The summed E-state index contributed by atoms with van der Waals surface area (Å²) in [6.45, 7) is 8.11. The first-order chi connectivity index (χ1) is 8.17. The highest BCUT2D eigenvalue weighted by atomic mass is 16.5. The van der Waals surface area contributed by atoms with Gasteiger partial charge >= 0.3 is 0 Å². The van der Waals surface area contributed by atoms with Crippen molar-refractivity contribution in [3.05, 3.63) is 35.3 Å². The molecule has 3 nitrogen and oxygen atoms in total. The van der Waals surface area contributed by atoms with E-state index in [-0.39, 0.29) is 6.10 Å². The second kappa shape index (κ2) is 7.17. The fourth-order valence-corrected chi connectivity index (χ4v) is 1.59. The fourth-order valence-electron chi connectivity index (χ4n) is 1.59. The van der Waals surface area contributed by atoms with E-state index in [1.54, 1.807) is 0 Å². The molecule has 1 atom stereocenters. The lowest BCUT2D eigenvalue weighted by Gasteiger charge is -2.15. The largest absolute Gasteiger partial charge is 0.487 e. The average molecular weight is 236 g/mol. The van der Waals surface area contributed by atoms with Gasteiger partial charge in [0.2, 0.25) is 0 Å². The summed E-state index contributed by atoms with van der Waals surface area (Å²) >= 11 is 0. The Morgan fingerprint density at radius 2 is 2.24 bits per heavy atom. The van der Waals surface area contributed by atoms with Gasteiger partial charge in [0, 0.05) is 6.54 Å². The lowest BCUT2D eigenvalue weighted by Crippen LogP contribution is -2.18. The summed E-state index contributed by atoms with van der Waals surface area (Å²) in [5, 5.41) is 3.28. The van der Waals surface area contributed by atoms with Crippen molar-refractivity contribution in [3.63, 3.8) is 0 Å². The van der Waals surface area contributed by atoms with Gasteiger partial charge in [-0.3, -0.25) is 0 Å². The van der Waals surface area contributed by atoms with Gasteiger partial charge in [0.15, 0.2) is 0 Å². The van der Waals surface area contributed by atoms with Crippen LogP contribution < -0.4 is 11.1 Å². The minimum absolute atomic E-state index is 0.245. The summed E-state index contributed by atoms with van der Waals surface area (Å²) in [5.74, 6) is 0.786. The van der Waals surface area contributed by atoms with Gasteiger partial charge in [-0.05, 0) is 39.3 Å². The SMILES string of the molecule is C\C=C(N)/C(=C\C=C(/C)CC)OC1CCNC1. The molecule has 3 heteroatoms. The first kappa shape index (κ1) is 13.8. The molecule has 0 saturated carbocycles. The second-order valence-corrected chi connectivity index (χ2v) is 4.37. The molecule has 0 spiro atoms. The Kier molecular flexibility index (Phi) is 5.84. The van der Waals surface area contributed by atoms with Crippen molar-refractivity contribution in [1.82, 2.24) is 5.32 Å². The van der Waals surface area contributed by atoms with E-state index in [1.165, 1.54) is 5.57 Å². The smallest absolute Gasteiger partial charge is 0.142 e. The average Bonchev–Trinajstić information content (AvgIpc) is 2.85. The van der Waals surface area contributed by atoms with Gasteiger partial charge in [0.25, 0.3) is 0 Å². The highest BCUT2D eigenvalue weighted by Crippen LogP contribution is 2.15. The van der Waals surface area contributed by atoms with Crippen LogP contribution in [0.4, 0.5) is 0 Å². The molecular weight excluding hydrogens is 212 g/mol. The molecule has 0 aliphatic carbocycles. The second-order valence-electron chi connectivity index (χ2n) is 4.37. The Hall–Kier alpha value is -1.22. The van der Waals surface area contributed by atoms with E-state index in [0.717, 1.165) is 31.7 Å². The Bertz CT molecular complexity index is 323. The number of nitrogens with one attached hydrogen (secondary N) is 1. The van der Waals surface area contributed by atoms with E-state index in [4.69, 9.17) is 10.5 Å². The summed E-state index contributed by atoms with van der Waals surface area (Å²) in [5.41, 5.74) is 7.97. The van der Waals surface area contributed by atoms with E-state index in [1.807, 2.05) is 19.1 Å². The van der Waals surface area contributed by atoms with Crippen LogP contribution in [0.1, 0.15) is 33.6 Å². The molecule has 0 aromatic rings. The minimum Gasteiger partial charge on any atom is -0.487 e. The summed E-state index contributed by atoms with van der Waals surface area (Å²) in [6.07, 6.45) is 8.27. The molecule has 1 aliphatic rings. The summed E-state index contributed by atoms with van der Waals surface area (Å²) in [4.78, 5) is 0. The van der Waals surface area contributed by atoms with Crippen LogP contribution in [0, 0.1) is 0 Å². The van der Waals surface area contributed by atoms with Gasteiger partial charge in [-0.15, -0.1) is 0 Å². The van der Waals surface area contributed by atoms with Crippen molar-refractivity contribution >= 4 is 0 Å². The zero-order valence-electron chi connectivity index (χ0n) is 11.1. The molecule has 0 radical (unpaired) electrons. The monoisotopic (exact) mass is 236 g/mol. The van der Waals surface area contributed by atoms with Crippen LogP contribution in [0.5, 0.6) is 0 Å². The molecular formula is C14H24N2O. The van der Waals surface area contributed by atoms with Gasteiger partial charge < -0.3 is 15.8 Å². The molecule has 17 heavy (non-hydrogen) atoms. The lowest BCUT2D eigenvalue weighted by atomic mass is 10.2. The Balaban J connectivity index is 2.72. The molecule has 1 fully saturated rings. The predicted molar refractivity (Wildman–Crippen MR) is 72.4 cm³/mol. The number of hydrogen-bond acceptors (Lipinski definition) is 3. The molecule has 1 rings (SSSR count). The summed E-state index contributed by atoms with van der Waals surface area (Å²) < 4.78 is 5.92. The number of hydrogen-bond donors (Lipinski definition) is 2. The lowest BCUT2D eigenvalue weighted by molar-refractivity contribution is 0.138. The maximum Gasteiger partial charge on any atom is 0.142 e. The van der Waals surface area contributed by atoms with Crippen molar-refractivity contribution in [3.8, 4) is 0 Å². The van der Waals surface area contributed by atoms with Crippen LogP contribution >= 0.6 is 0 Å². The van der Waals surface area contributed by atoms with E-state index in [9.17, 15) is 0 Å². The first-order valence-corrected chi connectivity index (χ1v) is 6.34. The minimum atomic E-state index is 0.245. The van der Waals surface area contributed by atoms with E-state index >= 15 is 0 Å². The van der Waals surface area contributed by atoms with Gasteiger partial charge in [-0.25, -0.2) is 0 Å². The van der Waals surface area contributed by atoms with Crippen molar-refractivity contribution in [2.75, 3.05) is 13.1 Å². The van der Waals surface area contributed by atoms with Gasteiger partial charge in [0.1, 0.15) is 11.9 Å². The molecule has 3 N–H and O–H groups in total. The van der Waals surface area contributed by atoms with Crippen LogP contribution in [0.15, 0.2) is 35.3 Å². The van der Waals surface area contributed by atoms with Crippen LogP contribution in [-0.2, 0) is 4.74 Å². The topological polar surface area (TPSA) is 47.3 Å². The third-order valence-corrected chi connectivity index (χ3v) is 2.98. The molecule has 1 aliphatic heterocycles. The summed E-state index contributed by atoms with van der Waals surface area (Å²) in [6, 6.07) is 0. The zero-order valence-corrected chi connectivity index (χ0v) is 11.1. The van der Waals surface area contributed by atoms with E-state index in [0.29, 0.717) is 5.70 Å². The maximum atomic E-state index is 5.94. The Morgan fingerprint density at radius 1 is 1.47 bits per heavy atom. The number of allylic oxidation sites excluding steroid dienone is 4. The molecule has 1 unspecified atom stereocenters. The predicted octanol–water partition coefficient (Wildman–Crippen LogP) is 2.47. The third-order valence-electron chi connectivity index (χ3n) is 2.98. The van der Waals surface area contributed by atoms with Gasteiger partial charge in [-0.1, -0.05) is 24.6 Å². The molecule has 0 aromatic heterocycles. The summed E-state index contributed by atoms with van der Waals surface area (Å²) in [7, 11) is 0.